The van der Waals surface area contributed by atoms with E-state index in [2.05, 4.69) is 5.32 Å². The van der Waals surface area contributed by atoms with E-state index >= 15 is 4.39 Å². The van der Waals surface area contributed by atoms with E-state index in [4.69, 9.17) is 27.1 Å². The molecule has 2 amide bonds. The number of halogens is 3. The number of amides is 2. The van der Waals surface area contributed by atoms with E-state index in [1.165, 1.54) is 29.2 Å². The molecule has 1 aliphatic rings. The van der Waals surface area contributed by atoms with Crippen LogP contribution in [0.3, 0.4) is 0 Å². The summed E-state index contributed by atoms with van der Waals surface area (Å²) in [5.74, 6) is -1.78. The molecule has 4 rings (SSSR count). The molecule has 4 N–H and O–H groups in total. The van der Waals surface area contributed by atoms with Crippen molar-refractivity contribution >= 4 is 34.5 Å². The summed E-state index contributed by atoms with van der Waals surface area (Å²) in [6.45, 7) is 4.91. The SMILES string of the molecule is CC(C)(C)C1(c2nc3ccc(Cl)c(F)c3c(-c3ccccc3OCF)c2C(N)=O)CNCCN1C(=O)O. The highest BCUT2D eigenvalue weighted by atomic mass is 35.5. The van der Waals surface area contributed by atoms with Crippen LogP contribution in [0.2, 0.25) is 5.02 Å². The summed E-state index contributed by atoms with van der Waals surface area (Å²) in [5, 5.41) is 13.1. The quantitative estimate of drug-likeness (QED) is 0.429. The van der Waals surface area contributed by atoms with Crippen LogP contribution >= 0.6 is 11.6 Å². The molecule has 2 aromatic carbocycles. The van der Waals surface area contributed by atoms with Crippen molar-refractivity contribution in [3.05, 3.63) is 58.5 Å². The number of hydrogen-bond acceptors (Lipinski definition) is 5. The fraction of sp³-hybridized carbons (Fsp3) is 0.346. The Balaban J connectivity index is 2.28. The molecular weight excluding hydrogens is 506 g/mol. The second kappa shape index (κ2) is 9.75. The van der Waals surface area contributed by atoms with Gasteiger partial charge in [-0.2, -0.15) is 0 Å². The lowest BCUT2D eigenvalue weighted by Gasteiger charge is -2.53. The van der Waals surface area contributed by atoms with Crippen molar-refractivity contribution in [2.75, 3.05) is 26.5 Å². The molecule has 0 bridgehead atoms. The molecule has 0 spiro atoms. The molecule has 37 heavy (non-hydrogen) atoms. The van der Waals surface area contributed by atoms with Crippen LogP contribution in [0.25, 0.3) is 22.0 Å². The first-order valence-electron chi connectivity index (χ1n) is 11.6. The van der Waals surface area contributed by atoms with Crippen LogP contribution in [0, 0.1) is 11.2 Å². The summed E-state index contributed by atoms with van der Waals surface area (Å²) >= 11 is 6.13. The summed E-state index contributed by atoms with van der Waals surface area (Å²) in [6.07, 6.45) is -1.21. The number of para-hydroxylation sites is 1. The summed E-state index contributed by atoms with van der Waals surface area (Å²) in [7, 11) is 0. The maximum Gasteiger partial charge on any atom is 0.408 e. The first-order chi connectivity index (χ1) is 17.5. The number of ether oxygens (including phenoxy) is 1. The van der Waals surface area contributed by atoms with Gasteiger partial charge >= 0.3 is 6.09 Å². The maximum atomic E-state index is 15.7. The molecule has 1 atom stereocenters. The molecule has 0 radical (unpaired) electrons. The van der Waals surface area contributed by atoms with Gasteiger partial charge in [-0.15, -0.1) is 0 Å². The minimum absolute atomic E-state index is 0.00362. The summed E-state index contributed by atoms with van der Waals surface area (Å²) in [4.78, 5) is 31.7. The fourth-order valence-corrected chi connectivity index (χ4v) is 5.36. The predicted octanol–water partition coefficient (Wildman–Crippen LogP) is 4.92. The van der Waals surface area contributed by atoms with E-state index in [0.29, 0.717) is 6.54 Å². The van der Waals surface area contributed by atoms with Crippen molar-refractivity contribution in [1.82, 2.24) is 15.2 Å². The monoisotopic (exact) mass is 532 g/mol. The van der Waals surface area contributed by atoms with Gasteiger partial charge in [-0.25, -0.2) is 18.6 Å². The molecule has 11 heteroatoms. The molecule has 1 saturated heterocycles. The van der Waals surface area contributed by atoms with Gasteiger partial charge in [0.2, 0.25) is 6.86 Å². The Morgan fingerprint density at radius 2 is 1.97 bits per heavy atom. The van der Waals surface area contributed by atoms with Crippen LogP contribution in [0.1, 0.15) is 36.8 Å². The molecule has 1 unspecified atom stereocenters. The number of nitrogens with two attached hydrogens (primary N) is 1. The zero-order chi connectivity index (χ0) is 27.1. The zero-order valence-corrected chi connectivity index (χ0v) is 21.3. The highest BCUT2D eigenvalue weighted by molar-refractivity contribution is 6.32. The van der Waals surface area contributed by atoms with E-state index in [1.807, 2.05) is 20.8 Å². The largest absolute Gasteiger partial charge is 0.465 e. The Bertz CT molecular complexity index is 1400. The van der Waals surface area contributed by atoms with Crippen LogP contribution in [-0.2, 0) is 5.54 Å². The van der Waals surface area contributed by atoms with E-state index < -0.39 is 35.6 Å². The molecule has 0 saturated carbocycles. The van der Waals surface area contributed by atoms with Crippen molar-refractivity contribution in [1.29, 1.82) is 0 Å². The van der Waals surface area contributed by atoms with Crippen molar-refractivity contribution in [3.63, 3.8) is 0 Å². The minimum atomic E-state index is -1.39. The second-order valence-electron chi connectivity index (χ2n) is 9.80. The van der Waals surface area contributed by atoms with Gasteiger partial charge in [0, 0.05) is 36.1 Å². The number of carbonyl (C=O) groups is 2. The lowest BCUT2D eigenvalue weighted by Crippen LogP contribution is -2.66. The Kier molecular flexibility index (Phi) is 7.00. The van der Waals surface area contributed by atoms with Crippen LogP contribution in [0.4, 0.5) is 13.6 Å². The maximum absolute atomic E-state index is 15.7. The number of alkyl halides is 1. The van der Waals surface area contributed by atoms with Crippen LogP contribution < -0.4 is 15.8 Å². The highest BCUT2D eigenvalue weighted by Gasteiger charge is 2.55. The zero-order valence-electron chi connectivity index (χ0n) is 20.6. The Morgan fingerprint density at radius 3 is 2.59 bits per heavy atom. The molecule has 1 aromatic heterocycles. The first kappa shape index (κ1) is 26.6. The summed E-state index contributed by atoms with van der Waals surface area (Å²) < 4.78 is 34.1. The predicted molar refractivity (Wildman–Crippen MR) is 136 cm³/mol. The molecule has 2 heterocycles. The average molecular weight is 533 g/mol. The van der Waals surface area contributed by atoms with E-state index in [1.54, 1.807) is 12.1 Å². The lowest BCUT2D eigenvalue weighted by atomic mass is 9.67. The van der Waals surface area contributed by atoms with E-state index in [0.717, 1.165) is 0 Å². The number of pyridine rings is 1. The fourth-order valence-electron chi connectivity index (χ4n) is 5.20. The molecule has 1 fully saturated rings. The van der Waals surface area contributed by atoms with E-state index in [-0.39, 0.29) is 57.1 Å². The normalized spacial score (nSPS) is 18.2. The number of aromatic nitrogens is 1. The minimum Gasteiger partial charge on any atom is -0.465 e. The third-order valence-corrected chi connectivity index (χ3v) is 7.16. The molecule has 1 aliphatic heterocycles. The summed E-state index contributed by atoms with van der Waals surface area (Å²) in [6, 6.07) is 9.03. The second-order valence-corrected chi connectivity index (χ2v) is 10.2. The van der Waals surface area contributed by atoms with Gasteiger partial charge in [-0.1, -0.05) is 50.6 Å². The molecule has 3 aromatic rings. The Hall–Kier alpha value is -3.50. The number of carboxylic acid groups (broad SMARTS) is 1. The van der Waals surface area contributed by atoms with Gasteiger partial charge in [0.15, 0.2) is 5.82 Å². The lowest BCUT2D eigenvalue weighted by molar-refractivity contribution is -0.0215. The molecule has 8 nitrogen and oxygen atoms in total. The number of piperazine rings is 1. The number of fused-ring (bicyclic) bond motifs is 1. The highest BCUT2D eigenvalue weighted by Crippen LogP contribution is 2.49. The van der Waals surface area contributed by atoms with Gasteiger partial charge in [-0.05, 0) is 23.6 Å². The van der Waals surface area contributed by atoms with Crippen LogP contribution in [0.5, 0.6) is 5.75 Å². The van der Waals surface area contributed by atoms with Gasteiger partial charge in [0.05, 0.1) is 21.8 Å². The van der Waals surface area contributed by atoms with Crippen molar-refractivity contribution in [3.8, 4) is 16.9 Å². The standard InChI is InChI=1S/C26H27ClF2N4O4/c1-25(2,3)26(12-31-10-11-33(26)24(35)36)22-20(23(30)34)18(14-6-4-5-7-17(14)37-13-28)19-16(32-22)9-8-15(27)21(19)29/h4-9,31H,10-13H2,1-3H3,(H2,30,34)(H,35,36). The van der Waals surface area contributed by atoms with Gasteiger partial charge in [-0.3, -0.25) is 9.69 Å². The van der Waals surface area contributed by atoms with Crippen LogP contribution in [-0.4, -0.2) is 53.5 Å². The van der Waals surface area contributed by atoms with Gasteiger partial charge < -0.3 is 20.9 Å². The van der Waals surface area contributed by atoms with Crippen molar-refractivity contribution in [2.45, 2.75) is 26.3 Å². The van der Waals surface area contributed by atoms with Crippen molar-refractivity contribution < 1.29 is 28.2 Å². The third kappa shape index (κ3) is 4.23. The molecule has 196 valence electrons. The topological polar surface area (TPSA) is 118 Å². The van der Waals surface area contributed by atoms with Crippen molar-refractivity contribution in [2.24, 2.45) is 11.1 Å². The number of rotatable bonds is 5. The number of benzene rings is 2. The molecule has 0 aliphatic carbocycles. The average Bonchev–Trinajstić information content (AvgIpc) is 2.85. The smallest absolute Gasteiger partial charge is 0.408 e. The number of nitrogens with zero attached hydrogens (tertiary/aromatic N) is 2. The van der Waals surface area contributed by atoms with Gasteiger partial charge in [0.1, 0.15) is 11.3 Å². The third-order valence-electron chi connectivity index (χ3n) is 6.87. The first-order valence-corrected chi connectivity index (χ1v) is 11.9. The van der Waals surface area contributed by atoms with Gasteiger partial charge in [0.25, 0.3) is 5.91 Å². The van der Waals surface area contributed by atoms with E-state index in [9.17, 15) is 19.1 Å². The van der Waals surface area contributed by atoms with Crippen LogP contribution in [0.15, 0.2) is 36.4 Å². The number of nitrogens with one attached hydrogen (secondary N) is 1. The number of hydrogen-bond donors (Lipinski definition) is 3. The molecular formula is C26H27ClF2N4O4. The Labute approximate surface area is 217 Å². The number of primary amides is 1. The number of carbonyl (C=O) groups excluding carboxylic acids is 1. The summed E-state index contributed by atoms with van der Waals surface area (Å²) in [5.41, 5.74) is 3.89. The Morgan fingerprint density at radius 1 is 1.27 bits per heavy atom.